The number of carbonyl (C=O) groups is 2. The van der Waals surface area contributed by atoms with Crippen LogP contribution in [0.1, 0.15) is 22.3 Å². The fraction of sp³-hybridized carbons (Fsp3) is 0.120. The van der Waals surface area contributed by atoms with E-state index < -0.39 is 0 Å². The standard InChI is InChI=1S/C25H18BrCl2NO3S/c1-15-2-4-17(5-3-15)14-32-23-20(27)10-18(11-21(23)28)12-22-24(30)29(25(31)33-22)13-16-6-8-19(26)9-7-16/h2-12H,13-14H2,1H3/b22-12-. The topological polar surface area (TPSA) is 46.6 Å². The first kappa shape index (κ1) is 23.9. The van der Waals surface area contributed by atoms with Crippen LogP contribution in [-0.4, -0.2) is 16.0 Å². The van der Waals surface area contributed by atoms with Crippen LogP contribution in [0.25, 0.3) is 6.08 Å². The van der Waals surface area contributed by atoms with E-state index in [1.165, 1.54) is 10.5 Å². The van der Waals surface area contributed by atoms with Gasteiger partial charge in [-0.25, -0.2) is 0 Å². The van der Waals surface area contributed by atoms with Crippen molar-refractivity contribution in [3.05, 3.63) is 102 Å². The van der Waals surface area contributed by atoms with Crippen LogP contribution >= 0.6 is 50.9 Å². The molecule has 33 heavy (non-hydrogen) atoms. The molecule has 1 saturated heterocycles. The van der Waals surface area contributed by atoms with Crippen molar-refractivity contribution < 1.29 is 14.3 Å². The second kappa shape index (κ2) is 10.3. The van der Waals surface area contributed by atoms with Crippen molar-refractivity contribution in [3.8, 4) is 5.75 Å². The molecule has 0 aliphatic carbocycles. The number of hydrogen-bond acceptors (Lipinski definition) is 4. The highest BCUT2D eigenvalue weighted by atomic mass is 79.9. The number of ether oxygens (including phenoxy) is 1. The summed E-state index contributed by atoms with van der Waals surface area (Å²) in [7, 11) is 0. The summed E-state index contributed by atoms with van der Waals surface area (Å²) >= 11 is 17.1. The molecule has 3 aromatic carbocycles. The number of hydrogen-bond donors (Lipinski definition) is 0. The number of nitrogens with zero attached hydrogens (tertiary/aromatic N) is 1. The Hall–Kier alpha value is -2.25. The lowest BCUT2D eigenvalue weighted by atomic mass is 10.1. The van der Waals surface area contributed by atoms with Crippen LogP contribution in [0, 0.1) is 6.92 Å². The number of carbonyl (C=O) groups excluding carboxylic acids is 2. The fourth-order valence-corrected chi connectivity index (χ4v) is 4.92. The van der Waals surface area contributed by atoms with Gasteiger partial charge in [0.2, 0.25) is 0 Å². The summed E-state index contributed by atoms with van der Waals surface area (Å²) in [6.07, 6.45) is 1.62. The Labute approximate surface area is 214 Å². The van der Waals surface area contributed by atoms with Gasteiger partial charge in [0.1, 0.15) is 6.61 Å². The molecule has 8 heteroatoms. The zero-order valence-corrected chi connectivity index (χ0v) is 21.4. The molecule has 4 rings (SSSR count). The minimum absolute atomic E-state index is 0.211. The summed E-state index contributed by atoms with van der Waals surface area (Å²) in [6.45, 7) is 2.56. The lowest BCUT2D eigenvalue weighted by molar-refractivity contribution is -0.123. The van der Waals surface area contributed by atoms with Gasteiger partial charge in [-0.2, -0.15) is 0 Å². The average molecular weight is 563 g/mol. The first-order valence-corrected chi connectivity index (χ1v) is 12.3. The van der Waals surface area contributed by atoms with Gasteiger partial charge in [0.25, 0.3) is 11.1 Å². The molecule has 0 radical (unpaired) electrons. The number of benzene rings is 3. The second-order valence-electron chi connectivity index (χ2n) is 7.48. The number of aryl methyl sites for hydroxylation is 1. The first-order chi connectivity index (χ1) is 15.8. The molecule has 1 aliphatic heterocycles. The molecular formula is C25H18BrCl2NO3S. The van der Waals surface area contributed by atoms with E-state index in [0.717, 1.165) is 27.4 Å². The van der Waals surface area contributed by atoms with E-state index in [9.17, 15) is 9.59 Å². The minimum atomic E-state index is -0.347. The Morgan fingerprint density at radius 2 is 1.58 bits per heavy atom. The predicted octanol–water partition coefficient (Wildman–Crippen LogP) is 7.88. The summed E-state index contributed by atoms with van der Waals surface area (Å²) in [4.78, 5) is 26.8. The molecule has 0 aromatic heterocycles. The van der Waals surface area contributed by atoms with Crippen LogP contribution in [0.2, 0.25) is 10.0 Å². The van der Waals surface area contributed by atoms with Crippen molar-refractivity contribution in [3.63, 3.8) is 0 Å². The summed E-state index contributed by atoms with van der Waals surface area (Å²) in [5, 5.41) is 0.342. The lowest BCUT2D eigenvalue weighted by Crippen LogP contribution is -2.27. The number of rotatable bonds is 6. The van der Waals surface area contributed by atoms with E-state index in [0.29, 0.717) is 32.9 Å². The molecule has 0 unspecified atom stereocenters. The maximum Gasteiger partial charge on any atom is 0.293 e. The van der Waals surface area contributed by atoms with Crippen molar-refractivity contribution in [2.45, 2.75) is 20.1 Å². The summed E-state index contributed by atoms with van der Waals surface area (Å²) in [5.41, 5.74) is 3.64. The molecular weight excluding hydrogens is 545 g/mol. The summed E-state index contributed by atoms with van der Waals surface area (Å²) in [5.74, 6) is 0.0271. The monoisotopic (exact) mass is 561 g/mol. The van der Waals surface area contributed by atoms with Crippen molar-refractivity contribution in [1.29, 1.82) is 0 Å². The highest BCUT2D eigenvalue weighted by Gasteiger charge is 2.35. The number of amides is 2. The Kier molecular flexibility index (Phi) is 7.49. The smallest absolute Gasteiger partial charge is 0.293 e. The SMILES string of the molecule is Cc1ccc(COc2c(Cl)cc(/C=C3\SC(=O)N(Cc4ccc(Br)cc4)C3=O)cc2Cl)cc1. The fourth-order valence-electron chi connectivity index (χ4n) is 3.20. The molecule has 4 nitrogen and oxygen atoms in total. The van der Waals surface area contributed by atoms with Gasteiger partial charge in [0.05, 0.1) is 21.5 Å². The van der Waals surface area contributed by atoms with Gasteiger partial charge in [-0.05, 0) is 65.7 Å². The maximum absolute atomic E-state index is 12.8. The number of halogens is 3. The zero-order valence-electron chi connectivity index (χ0n) is 17.5. The molecule has 0 atom stereocenters. The minimum Gasteiger partial charge on any atom is -0.486 e. The maximum atomic E-state index is 12.8. The Balaban J connectivity index is 1.49. The van der Waals surface area contributed by atoms with Crippen molar-refractivity contribution in [2.75, 3.05) is 0 Å². The molecule has 1 aliphatic rings. The van der Waals surface area contributed by atoms with E-state index >= 15 is 0 Å². The van der Waals surface area contributed by atoms with E-state index in [1.54, 1.807) is 18.2 Å². The van der Waals surface area contributed by atoms with E-state index in [1.807, 2.05) is 55.5 Å². The summed E-state index contributed by atoms with van der Waals surface area (Å²) < 4.78 is 6.76. The molecule has 2 amide bonds. The lowest BCUT2D eigenvalue weighted by Gasteiger charge is -2.12. The van der Waals surface area contributed by atoms with Gasteiger partial charge in [0, 0.05) is 4.47 Å². The molecule has 1 fully saturated rings. The number of imide groups is 1. The van der Waals surface area contributed by atoms with Gasteiger partial charge in [-0.1, -0.05) is 81.1 Å². The van der Waals surface area contributed by atoms with Gasteiger partial charge < -0.3 is 4.74 Å². The van der Waals surface area contributed by atoms with Gasteiger partial charge >= 0.3 is 0 Å². The molecule has 1 heterocycles. The second-order valence-corrected chi connectivity index (χ2v) is 10.2. The Bertz CT molecular complexity index is 1220. The van der Waals surface area contributed by atoms with E-state index in [2.05, 4.69) is 15.9 Å². The molecule has 0 saturated carbocycles. The van der Waals surface area contributed by atoms with E-state index in [4.69, 9.17) is 27.9 Å². The van der Waals surface area contributed by atoms with Crippen LogP contribution in [0.15, 0.2) is 70.0 Å². The highest BCUT2D eigenvalue weighted by Crippen LogP contribution is 2.38. The molecule has 0 N–H and O–H groups in total. The Morgan fingerprint density at radius 3 is 2.21 bits per heavy atom. The van der Waals surface area contributed by atoms with Crippen molar-refractivity contribution in [1.82, 2.24) is 4.90 Å². The van der Waals surface area contributed by atoms with Gasteiger partial charge in [-0.15, -0.1) is 0 Å². The predicted molar refractivity (Wildman–Crippen MR) is 138 cm³/mol. The molecule has 0 bridgehead atoms. The van der Waals surface area contributed by atoms with E-state index in [-0.39, 0.29) is 17.7 Å². The third-order valence-corrected chi connectivity index (χ3v) is 6.95. The molecule has 3 aromatic rings. The largest absolute Gasteiger partial charge is 0.486 e. The third kappa shape index (κ3) is 5.82. The normalized spacial score (nSPS) is 14.9. The van der Waals surface area contributed by atoms with Gasteiger partial charge in [0.15, 0.2) is 5.75 Å². The third-order valence-electron chi connectivity index (χ3n) is 4.95. The van der Waals surface area contributed by atoms with Crippen LogP contribution < -0.4 is 4.74 Å². The molecule has 168 valence electrons. The van der Waals surface area contributed by atoms with Crippen LogP contribution in [0.5, 0.6) is 5.75 Å². The highest BCUT2D eigenvalue weighted by molar-refractivity contribution is 9.10. The van der Waals surface area contributed by atoms with Crippen LogP contribution in [0.3, 0.4) is 0 Å². The average Bonchev–Trinajstić information content (AvgIpc) is 3.03. The Morgan fingerprint density at radius 1 is 0.970 bits per heavy atom. The summed E-state index contributed by atoms with van der Waals surface area (Å²) in [6, 6.07) is 18.8. The first-order valence-electron chi connectivity index (χ1n) is 9.97. The van der Waals surface area contributed by atoms with Crippen LogP contribution in [0.4, 0.5) is 4.79 Å². The number of thioether (sulfide) groups is 1. The quantitative estimate of drug-likeness (QED) is 0.287. The van der Waals surface area contributed by atoms with Crippen LogP contribution in [-0.2, 0) is 17.9 Å². The van der Waals surface area contributed by atoms with Gasteiger partial charge in [-0.3, -0.25) is 14.5 Å². The van der Waals surface area contributed by atoms with Crippen molar-refractivity contribution in [2.24, 2.45) is 0 Å². The van der Waals surface area contributed by atoms with Crippen molar-refractivity contribution >= 4 is 68.1 Å². The molecule has 0 spiro atoms. The zero-order chi connectivity index (χ0) is 23.5.